The van der Waals surface area contributed by atoms with E-state index < -0.39 is 41.4 Å². The zero-order chi connectivity index (χ0) is 15.7. The van der Waals surface area contributed by atoms with Gasteiger partial charge >= 0.3 is 17.9 Å². The Bertz CT molecular complexity index is 385. The van der Waals surface area contributed by atoms with E-state index in [0.717, 1.165) is 26.0 Å². The van der Waals surface area contributed by atoms with Crippen LogP contribution >= 0.6 is 11.8 Å². The van der Waals surface area contributed by atoms with Crippen molar-refractivity contribution in [1.29, 1.82) is 0 Å². The lowest BCUT2D eigenvalue weighted by Gasteiger charge is -2.15. The van der Waals surface area contributed by atoms with Crippen LogP contribution in [0.4, 0.5) is 0 Å². The smallest absolute Gasteiger partial charge is 0.374 e. The van der Waals surface area contributed by atoms with Crippen LogP contribution in [-0.2, 0) is 33.4 Å². The van der Waals surface area contributed by atoms with E-state index in [2.05, 4.69) is 14.2 Å². The molecule has 0 rings (SSSR count). The van der Waals surface area contributed by atoms with Crippen LogP contribution in [0.5, 0.6) is 0 Å². The summed E-state index contributed by atoms with van der Waals surface area (Å²) in [4.78, 5) is 45.1. The normalized spacial score (nSPS) is 13.0. The van der Waals surface area contributed by atoms with E-state index in [1.165, 1.54) is 7.11 Å². The molecule has 0 saturated heterocycles. The van der Waals surface area contributed by atoms with Crippen molar-refractivity contribution in [3.05, 3.63) is 0 Å². The molecule has 0 heterocycles. The number of Topliss-reactive ketones (excluding diaryl/α,β-unsaturated/α-hetero) is 1. The van der Waals surface area contributed by atoms with Gasteiger partial charge in [0, 0.05) is 12.2 Å². The molecular formula is C11H17NO7S. The van der Waals surface area contributed by atoms with Crippen molar-refractivity contribution in [3.63, 3.8) is 0 Å². The Labute approximate surface area is 120 Å². The third kappa shape index (κ3) is 6.02. The van der Waals surface area contributed by atoms with Crippen molar-refractivity contribution in [2.45, 2.75) is 17.7 Å². The molecule has 0 radical (unpaired) electrons. The number of hydrogen-bond acceptors (Lipinski definition) is 9. The second-order valence-electron chi connectivity index (χ2n) is 3.59. The highest BCUT2D eigenvalue weighted by Crippen LogP contribution is 2.18. The minimum atomic E-state index is -1.04. The van der Waals surface area contributed by atoms with E-state index in [9.17, 15) is 19.2 Å². The molecule has 0 aromatic heterocycles. The second kappa shape index (κ2) is 9.32. The van der Waals surface area contributed by atoms with E-state index in [4.69, 9.17) is 5.73 Å². The fraction of sp³-hybridized carbons (Fsp3) is 0.636. The summed E-state index contributed by atoms with van der Waals surface area (Å²) in [6.45, 7) is 0. The van der Waals surface area contributed by atoms with Gasteiger partial charge < -0.3 is 19.9 Å². The van der Waals surface area contributed by atoms with Gasteiger partial charge in [-0.05, 0) is 0 Å². The Morgan fingerprint density at radius 3 is 2.00 bits per heavy atom. The molecule has 0 aliphatic rings. The van der Waals surface area contributed by atoms with Crippen molar-refractivity contribution in [1.82, 2.24) is 0 Å². The number of esters is 3. The SMILES string of the molecule is COC(=O)C(=O)CC(SC[C@H](N)C(=O)OC)C(=O)OC. The maximum Gasteiger partial charge on any atom is 0.374 e. The van der Waals surface area contributed by atoms with Crippen LogP contribution in [0.3, 0.4) is 0 Å². The summed E-state index contributed by atoms with van der Waals surface area (Å²) in [6, 6.07) is -0.939. The molecule has 8 nitrogen and oxygen atoms in total. The molecule has 20 heavy (non-hydrogen) atoms. The number of methoxy groups -OCH3 is 3. The summed E-state index contributed by atoms with van der Waals surface area (Å²) in [5, 5.41) is -0.942. The van der Waals surface area contributed by atoms with Crippen LogP contribution in [0.15, 0.2) is 0 Å². The van der Waals surface area contributed by atoms with E-state index in [0.29, 0.717) is 0 Å². The van der Waals surface area contributed by atoms with Crippen LogP contribution in [0, 0.1) is 0 Å². The predicted molar refractivity (Wildman–Crippen MR) is 69.9 cm³/mol. The molecule has 0 aliphatic heterocycles. The van der Waals surface area contributed by atoms with Crippen LogP contribution in [0.25, 0.3) is 0 Å². The van der Waals surface area contributed by atoms with Gasteiger partial charge in [0.05, 0.1) is 21.3 Å². The van der Waals surface area contributed by atoms with Crippen molar-refractivity contribution < 1.29 is 33.4 Å². The maximum atomic E-state index is 11.5. The second-order valence-corrected chi connectivity index (χ2v) is 4.83. The van der Waals surface area contributed by atoms with E-state index in [-0.39, 0.29) is 5.75 Å². The van der Waals surface area contributed by atoms with Gasteiger partial charge in [0.2, 0.25) is 5.78 Å². The summed E-state index contributed by atoms with van der Waals surface area (Å²) in [5.41, 5.74) is 5.51. The molecule has 0 aliphatic carbocycles. The highest BCUT2D eigenvalue weighted by Gasteiger charge is 2.28. The molecule has 1 unspecified atom stereocenters. The van der Waals surface area contributed by atoms with Gasteiger partial charge in [0.25, 0.3) is 0 Å². The summed E-state index contributed by atoms with van der Waals surface area (Å²) in [7, 11) is 3.40. The molecule has 0 amide bonds. The van der Waals surface area contributed by atoms with Gasteiger partial charge in [0.15, 0.2) is 0 Å². The number of nitrogens with two attached hydrogens (primary N) is 1. The average molecular weight is 307 g/mol. The topological polar surface area (TPSA) is 122 Å². The number of carbonyl (C=O) groups excluding carboxylic acids is 4. The third-order valence-corrected chi connectivity index (χ3v) is 3.54. The number of carbonyl (C=O) groups is 4. The van der Waals surface area contributed by atoms with Crippen LogP contribution in [0.1, 0.15) is 6.42 Å². The zero-order valence-corrected chi connectivity index (χ0v) is 12.2. The quantitative estimate of drug-likeness (QED) is 0.338. The van der Waals surface area contributed by atoms with Crippen molar-refractivity contribution >= 4 is 35.5 Å². The lowest BCUT2D eigenvalue weighted by Crippen LogP contribution is -2.36. The first-order valence-corrected chi connectivity index (χ1v) is 6.56. The van der Waals surface area contributed by atoms with Gasteiger partial charge in [-0.1, -0.05) is 0 Å². The van der Waals surface area contributed by atoms with Gasteiger partial charge in [-0.15, -0.1) is 11.8 Å². The molecule has 0 fully saturated rings. The largest absolute Gasteiger partial charge is 0.468 e. The van der Waals surface area contributed by atoms with E-state index >= 15 is 0 Å². The number of ketones is 1. The van der Waals surface area contributed by atoms with Crippen molar-refractivity contribution in [3.8, 4) is 0 Å². The molecule has 0 spiro atoms. The summed E-state index contributed by atoms with van der Waals surface area (Å²) in [5.74, 6) is -3.19. The van der Waals surface area contributed by atoms with Gasteiger partial charge in [-0.25, -0.2) is 4.79 Å². The molecule has 0 aromatic rings. The standard InChI is InChI=1S/C11H17NO7S/c1-17-9(14)6(12)5-20-8(11(16)19-3)4-7(13)10(15)18-2/h6,8H,4-5,12H2,1-3H3/t6-,8?/m0/s1. The molecule has 9 heteroatoms. The summed E-state index contributed by atoms with van der Waals surface area (Å²) >= 11 is 0.933. The molecule has 0 saturated carbocycles. The minimum Gasteiger partial charge on any atom is -0.468 e. The fourth-order valence-electron chi connectivity index (χ4n) is 1.15. The highest BCUT2D eigenvalue weighted by molar-refractivity contribution is 8.00. The van der Waals surface area contributed by atoms with Gasteiger partial charge in [0.1, 0.15) is 11.3 Å². The van der Waals surface area contributed by atoms with Crippen LogP contribution in [0.2, 0.25) is 0 Å². The summed E-state index contributed by atoms with van der Waals surface area (Å²) < 4.78 is 13.2. The number of ether oxygens (including phenoxy) is 3. The van der Waals surface area contributed by atoms with Gasteiger partial charge in [-0.2, -0.15) is 0 Å². The Hall–Kier alpha value is -1.61. The fourth-order valence-corrected chi connectivity index (χ4v) is 2.22. The molecule has 0 aromatic carbocycles. The number of hydrogen-bond donors (Lipinski definition) is 1. The van der Waals surface area contributed by atoms with Crippen molar-refractivity contribution in [2.24, 2.45) is 5.73 Å². The first-order valence-electron chi connectivity index (χ1n) is 5.51. The molecule has 2 N–H and O–H groups in total. The average Bonchev–Trinajstić information content (AvgIpc) is 2.47. The zero-order valence-electron chi connectivity index (χ0n) is 11.4. The Balaban J connectivity index is 4.59. The highest BCUT2D eigenvalue weighted by atomic mass is 32.2. The van der Waals surface area contributed by atoms with Gasteiger partial charge in [-0.3, -0.25) is 14.4 Å². The molecule has 0 bridgehead atoms. The minimum absolute atomic E-state index is 0.0426. The number of rotatable bonds is 8. The number of thioether (sulfide) groups is 1. The van der Waals surface area contributed by atoms with Crippen molar-refractivity contribution in [2.75, 3.05) is 27.1 Å². The predicted octanol–water partition coefficient (Wildman–Crippen LogP) is -1.11. The Morgan fingerprint density at radius 2 is 1.55 bits per heavy atom. The van der Waals surface area contributed by atoms with Crippen LogP contribution in [-0.4, -0.2) is 62.1 Å². The van der Waals surface area contributed by atoms with Crippen LogP contribution < -0.4 is 5.73 Å². The van der Waals surface area contributed by atoms with E-state index in [1.54, 1.807) is 0 Å². The molecule has 114 valence electrons. The Kier molecular flexibility index (Phi) is 8.57. The monoisotopic (exact) mass is 307 g/mol. The first kappa shape index (κ1) is 18.4. The third-order valence-electron chi connectivity index (χ3n) is 2.23. The Morgan fingerprint density at radius 1 is 1.00 bits per heavy atom. The van der Waals surface area contributed by atoms with E-state index in [1.807, 2.05) is 0 Å². The molecular weight excluding hydrogens is 290 g/mol. The maximum absolute atomic E-state index is 11.5. The lowest BCUT2D eigenvalue weighted by atomic mass is 10.2. The lowest BCUT2D eigenvalue weighted by molar-refractivity contribution is -0.152. The molecule has 2 atom stereocenters. The summed E-state index contributed by atoms with van der Waals surface area (Å²) in [6.07, 6.45) is -0.391. The first-order chi connectivity index (χ1) is 9.37.